The van der Waals surface area contributed by atoms with Gasteiger partial charge in [0.2, 0.25) is 0 Å². The molecule has 25 heteroatoms. The Balaban J connectivity index is 1.57. The van der Waals surface area contributed by atoms with Gasteiger partial charge < -0.3 is 48.1 Å². The highest BCUT2D eigenvalue weighted by atomic mass is 16.8. The molecule has 0 aromatic heterocycles. The molecule has 0 amide bonds. The summed E-state index contributed by atoms with van der Waals surface area (Å²) in [5.41, 5.74) is 48.8. The maximum atomic E-state index is 11.1. The standard InChI is InChI=1S/C33H41N15O10/c1-17-22(41-46-36)25(49)26(50)33(54-17)57-28-21(14-40-45-35)55-31(51-2)24(43-48-38)30(28)58-32-23(42-47-37)29(53-16-19-11-7-4-8-12-19)27(20(56-32)13-39-44-34)52-15-18-9-5-3-6-10-18/h3-12,17,20-33,49-50H,13-16H2,1-2H3/t17-,20-,21-,22-,23-,24-,25+,26-,27-,28-,29-,30-,31-,32-,33+/m1/s1. The van der Waals surface area contributed by atoms with Crippen molar-refractivity contribution in [1.82, 2.24) is 0 Å². The number of rotatable bonds is 18. The van der Waals surface area contributed by atoms with Gasteiger partial charge in [-0.25, -0.2) is 0 Å². The molecule has 0 bridgehead atoms. The second kappa shape index (κ2) is 21.9. The molecule has 5 rings (SSSR count). The number of azide groups is 5. The van der Waals surface area contributed by atoms with E-state index in [-0.39, 0.29) is 19.8 Å². The molecule has 3 aliphatic heterocycles. The highest BCUT2D eigenvalue weighted by Crippen LogP contribution is 2.37. The zero-order valence-corrected chi connectivity index (χ0v) is 31.1. The minimum absolute atomic E-state index is 0.00765. The van der Waals surface area contributed by atoms with Gasteiger partial charge in [-0.1, -0.05) is 86.2 Å². The first-order chi connectivity index (χ1) is 28.3. The molecule has 0 aliphatic carbocycles. The van der Waals surface area contributed by atoms with E-state index in [9.17, 15) is 32.3 Å². The van der Waals surface area contributed by atoms with Crippen LogP contribution in [-0.2, 0) is 51.1 Å². The van der Waals surface area contributed by atoms with E-state index in [0.29, 0.717) is 0 Å². The van der Waals surface area contributed by atoms with Crippen LogP contribution >= 0.6 is 0 Å². The smallest absolute Gasteiger partial charge is 0.186 e. The van der Waals surface area contributed by atoms with E-state index in [4.69, 9.17) is 43.4 Å². The summed E-state index contributed by atoms with van der Waals surface area (Å²) >= 11 is 0. The molecule has 2 N–H and O–H groups in total. The number of nitrogens with zero attached hydrogens (tertiary/aromatic N) is 15. The zero-order valence-electron chi connectivity index (χ0n) is 31.1. The van der Waals surface area contributed by atoms with Crippen molar-refractivity contribution in [3.05, 3.63) is 124 Å². The van der Waals surface area contributed by atoms with Gasteiger partial charge in [0.1, 0.15) is 42.6 Å². The Hall–Kier alpha value is -5.41. The molecule has 2 aromatic carbocycles. The van der Waals surface area contributed by atoms with Gasteiger partial charge in [0.05, 0.1) is 56.8 Å². The summed E-state index contributed by atoms with van der Waals surface area (Å²) in [4.78, 5) is 14.4. The third-order valence-corrected chi connectivity index (χ3v) is 9.63. The summed E-state index contributed by atoms with van der Waals surface area (Å²) in [6.45, 7) is 0.819. The van der Waals surface area contributed by atoms with E-state index in [1.165, 1.54) is 14.0 Å². The Morgan fingerprint density at radius 2 is 1.05 bits per heavy atom. The number of hydrogen-bond acceptors (Lipinski definition) is 15. The van der Waals surface area contributed by atoms with E-state index < -0.39 is 98.5 Å². The van der Waals surface area contributed by atoms with Crippen LogP contribution in [0.3, 0.4) is 0 Å². The quantitative estimate of drug-likeness (QED) is 0.113. The van der Waals surface area contributed by atoms with E-state index in [2.05, 4.69) is 50.1 Å². The van der Waals surface area contributed by atoms with Crippen LogP contribution in [0.4, 0.5) is 0 Å². The van der Waals surface area contributed by atoms with Crippen LogP contribution < -0.4 is 0 Å². The predicted octanol–water partition coefficient (Wildman–Crippen LogP) is 5.15. The van der Waals surface area contributed by atoms with Gasteiger partial charge in [-0.2, -0.15) is 0 Å². The number of aliphatic hydroxyl groups excluding tert-OH is 2. The fraction of sp³-hybridized carbons (Fsp3) is 0.636. The fourth-order valence-electron chi connectivity index (χ4n) is 6.89. The normalized spacial score (nSPS) is 34.4. The highest BCUT2D eigenvalue weighted by Gasteiger charge is 2.55. The Kier molecular flexibility index (Phi) is 16.5. The van der Waals surface area contributed by atoms with Gasteiger partial charge in [-0.15, -0.1) is 0 Å². The van der Waals surface area contributed by atoms with Crippen molar-refractivity contribution in [2.45, 2.75) is 112 Å². The Bertz CT molecular complexity index is 1880. The molecule has 3 heterocycles. The highest BCUT2D eigenvalue weighted by molar-refractivity contribution is 5.15. The lowest BCUT2D eigenvalue weighted by Gasteiger charge is -2.50. The lowest BCUT2D eigenvalue weighted by atomic mass is 9.93. The van der Waals surface area contributed by atoms with Crippen molar-refractivity contribution in [2.75, 3.05) is 20.2 Å². The Morgan fingerprint density at radius 1 is 0.569 bits per heavy atom. The SMILES string of the molecule is CO[C@@H]1O[C@H](CN=[N+]=[N-])[C@@H](O[C@@H]2O[C@H](C)[C@@H](N=[N+]=[N-])[C@H](O)[C@H]2O)[C@H](O[C@H]2O[C@H](CN=[N+]=[N-])[C@@H](OCc3ccccc3)[C@H](OCc3ccccc3)[C@H]2N=[N+]=[N-])[C@H]1N=[N+]=[N-]. The van der Waals surface area contributed by atoms with Gasteiger partial charge in [0.25, 0.3) is 0 Å². The fourth-order valence-corrected chi connectivity index (χ4v) is 6.89. The summed E-state index contributed by atoms with van der Waals surface area (Å²) in [6.07, 6.45) is -16.6. The lowest BCUT2D eigenvalue weighted by Crippen LogP contribution is -2.66. The number of benzene rings is 2. The third-order valence-electron chi connectivity index (χ3n) is 9.63. The van der Waals surface area contributed by atoms with Crippen molar-refractivity contribution < 1.29 is 48.1 Å². The maximum absolute atomic E-state index is 11.1. The number of aliphatic hydroxyl groups is 2. The topological polar surface area (TPSA) is 358 Å². The molecule has 308 valence electrons. The zero-order chi connectivity index (χ0) is 41.4. The van der Waals surface area contributed by atoms with Crippen LogP contribution in [0.25, 0.3) is 52.2 Å². The van der Waals surface area contributed by atoms with Gasteiger partial charge in [0, 0.05) is 31.7 Å². The Morgan fingerprint density at radius 3 is 1.59 bits per heavy atom. The minimum Gasteiger partial charge on any atom is -0.390 e. The summed E-state index contributed by atoms with van der Waals surface area (Å²) in [6, 6.07) is 14.3. The van der Waals surface area contributed by atoms with E-state index in [1.807, 2.05) is 60.7 Å². The average Bonchev–Trinajstić information content (AvgIpc) is 3.24. The summed E-state index contributed by atoms with van der Waals surface area (Å²) in [5.74, 6) is 0. The molecule has 0 unspecified atom stereocenters. The molecule has 25 nitrogen and oxygen atoms in total. The number of ether oxygens (including phenoxy) is 8. The average molecular weight is 808 g/mol. The van der Waals surface area contributed by atoms with E-state index in [1.54, 1.807) is 0 Å². The van der Waals surface area contributed by atoms with Crippen molar-refractivity contribution in [2.24, 2.45) is 25.6 Å². The molecule has 2 aromatic rings. The lowest BCUT2D eigenvalue weighted by molar-refractivity contribution is -0.355. The molecule has 3 aliphatic rings. The number of hydrogen-bond donors (Lipinski definition) is 2. The first kappa shape index (κ1) is 43.7. The minimum atomic E-state index is -1.81. The van der Waals surface area contributed by atoms with Crippen LogP contribution in [0.1, 0.15) is 18.1 Å². The molecule has 3 fully saturated rings. The monoisotopic (exact) mass is 807 g/mol. The summed E-state index contributed by atoms with van der Waals surface area (Å²) < 4.78 is 49.5. The first-order valence-corrected chi connectivity index (χ1v) is 17.9. The maximum Gasteiger partial charge on any atom is 0.186 e. The van der Waals surface area contributed by atoms with Gasteiger partial charge >= 0.3 is 0 Å². The molecule has 15 atom stereocenters. The van der Waals surface area contributed by atoms with E-state index in [0.717, 1.165) is 11.1 Å². The van der Waals surface area contributed by atoms with Crippen molar-refractivity contribution in [3.63, 3.8) is 0 Å². The van der Waals surface area contributed by atoms with Crippen molar-refractivity contribution in [1.29, 1.82) is 0 Å². The van der Waals surface area contributed by atoms with Crippen LogP contribution in [0.2, 0.25) is 0 Å². The van der Waals surface area contributed by atoms with Gasteiger partial charge in [-0.3, -0.25) is 0 Å². The molecule has 3 saturated heterocycles. The van der Waals surface area contributed by atoms with Crippen LogP contribution in [0, 0.1) is 0 Å². The van der Waals surface area contributed by atoms with Crippen LogP contribution in [0.15, 0.2) is 86.2 Å². The Labute approximate surface area is 329 Å². The summed E-state index contributed by atoms with van der Waals surface area (Å²) in [7, 11) is 1.26. The summed E-state index contributed by atoms with van der Waals surface area (Å²) in [5, 5.41) is 40.8. The molecule has 0 radical (unpaired) electrons. The second-order valence-electron chi connectivity index (χ2n) is 13.1. The molecule has 0 saturated carbocycles. The van der Waals surface area contributed by atoms with Crippen LogP contribution in [0.5, 0.6) is 0 Å². The predicted molar refractivity (Wildman–Crippen MR) is 197 cm³/mol. The van der Waals surface area contributed by atoms with Gasteiger partial charge in [0.15, 0.2) is 18.9 Å². The molecule has 58 heavy (non-hydrogen) atoms. The van der Waals surface area contributed by atoms with E-state index >= 15 is 0 Å². The van der Waals surface area contributed by atoms with Gasteiger partial charge in [-0.05, 0) is 45.7 Å². The van der Waals surface area contributed by atoms with Crippen LogP contribution in [-0.4, -0.2) is 122 Å². The third kappa shape index (κ3) is 10.7. The first-order valence-electron chi connectivity index (χ1n) is 17.9. The molecular formula is C33H41N15O10. The molecule has 0 spiro atoms. The van der Waals surface area contributed by atoms with Crippen molar-refractivity contribution >= 4 is 0 Å². The molecular weight excluding hydrogens is 766 g/mol. The number of methoxy groups -OCH3 is 1. The second-order valence-corrected chi connectivity index (χ2v) is 13.1. The van der Waals surface area contributed by atoms with Crippen molar-refractivity contribution in [3.8, 4) is 0 Å². The largest absolute Gasteiger partial charge is 0.390 e.